The van der Waals surface area contributed by atoms with Crippen LogP contribution < -0.4 is 0 Å². The summed E-state index contributed by atoms with van der Waals surface area (Å²) in [4.78, 5) is 0. The van der Waals surface area contributed by atoms with Gasteiger partial charge in [-0.1, -0.05) is 52.4 Å². The molecule has 0 aliphatic heterocycles. The Kier molecular flexibility index (Phi) is 13.2. The molecule has 0 N–H and O–H groups in total. The van der Waals surface area contributed by atoms with E-state index in [9.17, 15) is 0 Å². The van der Waals surface area contributed by atoms with E-state index in [1.807, 2.05) is 0 Å². The summed E-state index contributed by atoms with van der Waals surface area (Å²) in [5.74, 6) is 0. The molecule has 0 radical (unpaired) electrons. The molecule has 0 bridgehead atoms. The third-order valence-electron chi connectivity index (χ3n) is 2.62. The van der Waals surface area contributed by atoms with Crippen molar-refractivity contribution in [3.8, 4) is 0 Å². The highest BCUT2D eigenvalue weighted by Crippen LogP contribution is 2.17. The molecule has 0 rings (SSSR count). The maximum absolute atomic E-state index is 5.84. The summed E-state index contributed by atoms with van der Waals surface area (Å²) in [6, 6.07) is 0. The van der Waals surface area contributed by atoms with Crippen LogP contribution in [0.1, 0.15) is 65.2 Å². The quantitative estimate of drug-likeness (QED) is 0.364. The van der Waals surface area contributed by atoms with E-state index in [1.165, 1.54) is 62.5 Å². The Morgan fingerprint density at radius 3 is 1.60 bits per heavy atom. The molecule has 92 valence electrons. The van der Waals surface area contributed by atoms with E-state index < -0.39 is 0 Å². The van der Waals surface area contributed by atoms with Crippen molar-refractivity contribution in [1.29, 1.82) is 0 Å². The number of halogens is 1. The Hall–Kier alpha value is 0.600. The van der Waals surface area contributed by atoms with Crippen LogP contribution in [0.2, 0.25) is 0 Å². The number of hydrogen-bond donors (Lipinski definition) is 0. The van der Waals surface area contributed by atoms with E-state index >= 15 is 0 Å². The number of nitrogens with zero attached hydrogens (tertiary/aromatic N) is 1. The normalized spacial score (nSPS) is 11.2. The van der Waals surface area contributed by atoms with Crippen LogP contribution >= 0.6 is 21.8 Å². The molecule has 0 amide bonds. The SMILES string of the molecule is CCCCCCN(CCCCCC)SCl. The highest BCUT2D eigenvalue weighted by Gasteiger charge is 2.03. The second kappa shape index (κ2) is 12.7. The molecule has 0 atom stereocenters. The van der Waals surface area contributed by atoms with Crippen LogP contribution in [-0.2, 0) is 0 Å². The number of rotatable bonds is 11. The predicted molar refractivity (Wildman–Crippen MR) is 73.3 cm³/mol. The zero-order valence-electron chi connectivity index (χ0n) is 10.3. The largest absolute Gasteiger partial charge is 0.237 e. The first-order valence-electron chi connectivity index (χ1n) is 6.38. The molecular formula is C12H26ClNS. The van der Waals surface area contributed by atoms with Gasteiger partial charge in [-0.2, -0.15) is 0 Å². The van der Waals surface area contributed by atoms with Crippen LogP contribution in [0.25, 0.3) is 0 Å². The third kappa shape index (κ3) is 10.9. The fourth-order valence-electron chi connectivity index (χ4n) is 1.61. The maximum atomic E-state index is 5.84. The molecule has 0 aliphatic carbocycles. The monoisotopic (exact) mass is 251 g/mol. The summed E-state index contributed by atoms with van der Waals surface area (Å²) in [5, 5.41) is 0. The molecule has 0 saturated carbocycles. The summed E-state index contributed by atoms with van der Waals surface area (Å²) >= 11 is 1.39. The Balaban J connectivity index is 3.29. The van der Waals surface area contributed by atoms with E-state index in [2.05, 4.69) is 18.2 Å². The van der Waals surface area contributed by atoms with Gasteiger partial charge in [0.25, 0.3) is 0 Å². The second-order valence-corrected chi connectivity index (χ2v) is 5.19. The van der Waals surface area contributed by atoms with Crippen molar-refractivity contribution in [3.63, 3.8) is 0 Å². The van der Waals surface area contributed by atoms with Gasteiger partial charge in [-0.25, -0.2) is 4.31 Å². The molecular weight excluding hydrogens is 226 g/mol. The minimum Gasteiger partial charge on any atom is -0.237 e. The zero-order valence-corrected chi connectivity index (χ0v) is 11.9. The van der Waals surface area contributed by atoms with E-state index in [0.717, 1.165) is 13.1 Å². The van der Waals surface area contributed by atoms with E-state index in [4.69, 9.17) is 10.7 Å². The average molecular weight is 252 g/mol. The maximum Gasteiger partial charge on any atom is 0.0307 e. The third-order valence-corrected chi connectivity index (χ3v) is 3.77. The van der Waals surface area contributed by atoms with Crippen LogP contribution in [-0.4, -0.2) is 17.4 Å². The van der Waals surface area contributed by atoms with E-state index in [-0.39, 0.29) is 0 Å². The van der Waals surface area contributed by atoms with Gasteiger partial charge in [-0.05, 0) is 23.5 Å². The second-order valence-electron chi connectivity index (χ2n) is 4.12. The molecule has 0 aliphatic rings. The van der Waals surface area contributed by atoms with Crippen LogP contribution in [0.4, 0.5) is 0 Å². The van der Waals surface area contributed by atoms with Gasteiger partial charge in [-0.3, -0.25) is 0 Å². The first-order valence-corrected chi connectivity index (χ1v) is 7.98. The molecule has 0 heterocycles. The van der Waals surface area contributed by atoms with Gasteiger partial charge < -0.3 is 0 Å². The van der Waals surface area contributed by atoms with Crippen molar-refractivity contribution in [2.75, 3.05) is 13.1 Å². The molecule has 0 fully saturated rings. The van der Waals surface area contributed by atoms with Crippen LogP contribution in [0.5, 0.6) is 0 Å². The van der Waals surface area contributed by atoms with Crippen molar-refractivity contribution < 1.29 is 0 Å². The summed E-state index contributed by atoms with van der Waals surface area (Å²) in [7, 11) is 5.84. The highest BCUT2D eigenvalue weighted by atomic mass is 35.7. The lowest BCUT2D eigenvalue weighted by atomic mass is 10.2. The van der Waals surface area contributed by atoms with Crippen LogP contribution in [0, 0.1) is 0 Å². The molecule has 0 aromatic carbocycles. The predicted octanol–water partition coefficient (Wildman–Crippen LogP) is 5.25. The lowest BCUT2D eigenvalue weighted by Gasteiger charge is -2.17. The minimum absolute atomic E-state index is 1.15. The molecule has 0 unspecified atom stereocenters. The topological polar surface area (TPSA) is 3.24 Å². The van der Waals surface area contributed by atoms with Gasteiger partial charge in [0.1, 0.15) is 0 Å². The molecule has 0 spiro atoms. The molecule has 15 heavy (non-hydrogen) atoms. The first kappa shape index (κ1) is 15.6. The van der Waals surface area contributed by atoms with Gasteiger partial charge in [0.05, 0.1) is 0 Å². The van der Waals surface area contributed by atoms with Crippen LogP contribution in [0.3, 0.4) is 0 Å². The van der Waals surface area contributed by atoms with Crippen molar-refractivity contribution in [2.24, 2.45) is 0 Å². The summed E-state index contributed by atoms with van der Waals surface area (Å²) < 4.78 is 2.30. The first-order chi connectivity index (χ1) is 7.35. The molecule has 1 nitrogen and oxygen atoms in total. The standard InChI is InChI=1S/C12H26ClNS/c1-3-5-7-9-11-14(15-13)12-10-8-6-4-2/h3-12H2,1-2H3. The van der Waals surface area contributed by atoms with Crippen LogP contribution in [0.15, 0.2) is 0 Å². The summed E-state index contributed by atoms with van der Waals surface area (Å²) in [5.41, 5.74) is 0. The van der Waals surface area contributed by atoms with Gasteiger partial charge in [0.2, 0.25) is 0 Å². The Morgan fingerprint density at radius 1 is 0.800 bits per heavy atom. The summed E-state index contributed by atoms with van der Waals surface area (Å²) in [6.45, 7) is 6.80. The fraction of sp³-hybridized carbons (Fsp3) is 1.00. The zero-order chi connectivity index (χ0) is 11.4. The molecule has 0 aromatic heterocycles. The highest BCUT2D eigenvalue weighted by molar-refractivity contribution is 8.19. The Morgan fingerprint density at radius 2 is 1.27 bits per heavy atom. The van der Waals surface area contributed by atoms with Gasteiger partial charge >= 0.3 is 0 Å². The Bertz CT molecular complexity index is 110. The van der Waals surface area contributed by atoms with E-state index in [1.54, 1.807) is 0 Å². The lowest BCUT2D eigenvalue weighted by molar-refractivity contribution is 0.431. The average Bonchev–Trinajstić information content (AvgIpc) is 2.27. The number of unbranched alkanes of at least 4 members (excludes halogenated alkanes) is 6. The number of hydrogen-bond acceptors (Lipinski definition) is 2. The lowest BCUT2D eigenvalue weighted by Crippen LogP contribution is -2.17. The molecule has 3 heteroatoms. The molecule has 0 saturated heterocycles. The minimum atomic E-state index is 1.15. The van der Waals surface area contributed by atoms with Crippen molar-refractivity contribution in [3.05, 3.63) is 0 Å². The van der Waals surface area contributed by atoms with Gasteiger partial charge in [0.15, 0.2) is 0 Å². The fourth-order valence-corrected chi connectivity index (χ4v) is 2.42. The van der Waals surface area contributed by atoms with Crippen molar-refractivity contribution in [1.82, 2.24) is 4.31 Å². The van der Waals surface area contributed by atoms with Crippen molar-refractivity contribution >= 4 is 21.8 Å². The van der Waals surface area contributed by atoms with Gasteiger partial charge in [-0.15, -0.1) is 0 Å². The van der Waals surface area contributed by atoms with Gasteiger partial charge in [0, 0.05) is 24.3 Å². The summed E-state index contributed by atoms with van der Waals surface area (Å²) in [6.07, 6.45) is 10.6. The molecule has 0 aromatic rings. The Labute approximate surface area is 105 Å². The van der Waals surface area contributed by atoms with Crippen molar-refractivity contribution in [2.45, 2.75) is 65.2 Å². The smallest absolute Gasteiger partial charge is 0.0307 e. The van der Waals surface area contributed by atoms with E-state index in [0.29, 0.717) is 0 Å².